The maximum absolute atomic E-state index is 12.2. The zero-order chi connectivity index (χ0) is 19.0. The fourth-order valence-electron chi connectivity index (χ4n) is 2.24. The number of nitrogens with zero attached hydrogens (tertiary/aromatic N) is 1. The fraction of sp³-hybridized carbons (Fsp3) is 0.222. The summed E-state index contributed by atoms with van der Waals surface area (Å²) in [4.78, 5) is 12.0. The predicted molar refractivity (Wildman–Crippen MR) is 101 cm³/mol. The van der Waals surface area contributed by atoms with Gasteiger partial charge in [-0.2, -0.15) is 5.26 Å². The summed E-state index contributed by atoms with van der Waals surface area (Å²) < 4.78 is 30.3. The van der Waals surface area contributed by atoms with Crippen LogP contribution < -0.4 is 10.1 Å². The molecule has 2 aromatic rings. The van der Waals surface area contributed by atoms with Crippen LogP contribution >= 0.6 is 15.9 Å². The van der Waals surface area contributed by atoms with E-state index in [1.807, 2.05) is 6.07 Å². The molecular weight excluding hydrogens is 420 g/mol. The third-order valence-corrected chi connectivity index (χ3v) is 5.29. The van der Waals surface area contributed by atoms with E-state index in [1.165, 1.54) is 0 Å². The number of ether oxygens (including phenoxy) is 1. The minimum atomic E-state index is -3.57. The first-order valence-electron chi connectivity index (χ1n) is 7.68. The van der Waals surface area contributed by atoms with Crippen LogP contribution in [0.25, 0.3) is 0 Å². The van der Waals surface area contributed by atoms with Crippen molar-refractivity contribution in [1.29, 1.82) is 5.26 Å². The Labute approximate surface area is 160 Å². The Hall–Kier alpha value is -2.37. The second-order valence-corrected chi connectivity index (χ2v) is 8.51. The molecular formula is C18H17BrN2O4S. The van der Waals surface area contributed by atoms with Crippen molar-refractivity contribution < 1.29 is 17.9 Å². The van der Waals surface area contributed by atoms with E-state index in [2.05, 4.69) is 21.2 Å². The van der Waals surface area contributed by atoms with Crippen LogP contribution in [0, 0.1) is 11.3 Å². The Bertz CT molecular complexity index is 923. The van der Waals surface area contributed by atoms with Crippen LogP contribution in [0.15, 0.2) is 53.0 Å². The summed E-state index contributed by atoms with van der Waals surface area (Å²) >= 11 is 3.29. The molecule has 0 aliphatic heterocycles. The van der Waals surface area contributed by atoms with Gasteiger partial charge in [-0.05, 0) is 35.4 Å². The lowest BCUT2D eigenvalue weighted by atomic mass is 10.2. The van der Waals surface area contributed by atoms with Crippen molar-refractivity contribution in [1.82, 2.24) is 5.32 Å². The maximum atomic E-state index is 12.2. The van der Waals surface area contributed by atoms with E-state index < -0.39 is 21.5 Å². The van der Waals surface area contributed by atoms with Crippen molar-refractivity contribution in [3.05, 3.63) is 64.1 Å². The van der Waals surface area contributed by atoms with Crippen LogP contribution in [0.4, 0.5) is 0 Å². The highest BCUT2D eigenvalue weighted by Gasteiger charge is 2.17. The third kappa shape index (κ3) is 6.86. The Balaban J connectivity index is 1.89. The highest BCUT2D eigenvalue weighted by atomic mass is 79.9. The highest BCUT2D eigenvalue weighted by Crippen LogP contribution is 2.15. The second kappa shape index (κ2) is 9.36. The van der Waals surface area contributed by atoms with Crippen LogP contribution in [0.3, 0.4) is 0 Å². The summed E-state index contributed by atoms with van der Waals surface area (Å²) in [5.74, 6) is -0.828. The van der Waals surface area contributed by atoms with Gasteiger partial charge >= 0.3 is 0 Å². The molecule has 0 aliphatic rings. The Morgan fingerprint density at radius 2 is 1.88 bits per heavy atom. The minimum absolute atomic E-state index is 0.0658. The van der Waals surface area contributed by atoms with Gasteiger partial charge in [0.25, 0.3) is 0 Å². The third-order valence-electron chi connectivity index (χ3n) is 3.32. The molecule has 2 rings (SSSR count). The first-order valence-corrected chi connectivity index (χ1v) is 10.3. The summed E-state index contributed by atoms with van der Waals surface area (Å²) in [5, 5.41) is 11.1. The molecule has 1 amide bonds. The van der Waals surface area contributed by atoms with Gasteiger partial charge in [0.15, 0.2) is 16.4 Å². The molecule has 136 valence electrons. The monoisotopic (exact) mass is 436 g/mol. The van der Waals surface area contributed by atoms with Crippen molar-refractivity contribution in [2.24, 2.45) is 0 Å². The molecule has 0 aromatic heterocycles. The van der Waals surface area contributed by atoms with Crippen molar-refractivity contribution >= 4 is 31.7 Å². The lowest BCUT2D eigenvalue weighted by Gasteiger charge is -2.08. The van der Waals surface area contributed by atoms with Gasteiger partial charge in [0.2, 0.25) is 5.91 Å². The molecule has 0 atom stereocenters. The number of amides is 1. The number of nitrogens with one attached hydrogen (secondary N) is 1. The van der Waals surface area contributed by atoms with E-state index >= 15 is 0 Å². The number of rotatable bonds is 8. The smallest absolute Gasteiger partial charge is 0.235 e. The van der Waals surface area contributed by atoms with Crippen molar-refractivity contribution in [3.8, 4) is 11.8 Å². The first kappa shape index (κ1) is 19.9. The standard InChI is InChI=1S/C18H17BrN2O4S/c19-16-5-1-4-15(9-16)12-26(23,24)13-18(22)21-11-14-3-2-6-17(10-14)25-8-7-20/h1-6,9-10H,8,11-13H2,(H,21,22). The largest absolute Gasteiger partial charge is 0.479 e. The number of sulfone groups is 1. The van der Waals surface area contributed by atoms with Gasteiger partial charge in [0.1, 0.15) is 17.6 Å². The fourth-order valence-corrected chi connectivity index (χ4v) is 3.98. The lowest BCUT2D eigenvalue weighted by Crippen LogP contribution is -2.30. The van der Waals surface area contributed by atoms with E-state index in [1.54, 1.807) is 48.5 Å². The van der Waals surface area contributed by atoms with E-state index in [9.17, 15) is 13.2 Å². The number of hydrogen-bond donors (Lipinski definition) is 1. The zero-order valence-electron chi connectivity index (χ0n) is 13.8. The van der Waals surface area contributed by atoms with Crippen LogP contribution in [0.1, 0.15) is 11.1 Å². The normalized spacial score (nSPS) is 10.8. The molecule has 0 fully saturated rings. The number of halogens is 1. The summed E-state index contributed by atoms with van der Waals surface area (Å²) in [7, 11) is -3.57. The molecule has 8 heteroatoms. The minimum Gasteiger partial charge on any atom is -0.479 e. The molecule has 2 aromatic carbocycles. The lowest BCUT2D eigenvalue weighted by molar-refractivity contribution is -0.118. The molecule has 0 saturated heterocycles. The number of nitriles is 1. The Kier molecular flexibility index (Phi) is 7.18. The average molecular weight is 437 g/mol. The molecule has 0 saturated carbocycles. The van der Waals surface area contributed by atoms with Gasteiger partial charge in [0, 0.05) is 11.0 Å². The molecule has 0 spiro atoms. The van der Waals surface area contributed by atoms with Gasteiger partial charge in [-0.1, -0.05) is 40.2 Å². The Morgan fingerprint density at radius 3 is 2.62 bits per heavy atom. The van der Waals surface area contributed by atoms with Crippen LogP contribution in [0.2, 0.25) is 0 Å². The predicted octanol–water partition coefficient (Wildman–Crippen LogP) is 2.58. The van der Waals surface area contributed by atoms with E-state index in [4.69, 9.17) is 10.00 Å². The molecule has 26 heavy (non-hydrogen) atoms. The van der Waals surface area contributed by atoms with Crippen molar-refractivity contribution in [3.63, 3.8) is 0 Å². The summed E-state index contributed by atoms with van der Waals surface area (Å²) in [5.41, 5.74) is 1.37. The van der Waals surface area contributed by atoms with Crippen molar-refractivity contribution in [2.45, 2.75) is 12.3 Å². The highest BCUT2D eigenvalue weighted by molar-refractivity contribution is 9.10. The SMILES string of the molecule is N#CCOc1cccc(CNC(=O)CS(=O)(=O)Cc2cccc(Br)c2)c1. The number of carbonyl (C=O) groups is 1. The average Bonchev–Trinajstić information content (AvgIpc) is 2.57. The molecule has 0 radical (unpaired) electrons. The maximum Gasteiger partial charge on any atom is 0.235 e. The van der Waals surface area contributed by atoms with Crippen LogP contribution in [-0.4, -0.2) is 26.7 Å². The van der Waals surface area contributed by atoms with Gasteiger partial charge in [0.05, 0.1) is 5.75 Å². The molecule has 0 heterocycles. The van der Waals surface area contributed by atoms with E-state index in [0.29, 0.717) is 11.3 Å². The molecule has 0 bridgehead atoms. The summed E-state index contributed by atoms with van der Waals surface area (Å²) in [6.07, 6.45) is 0. The second-order valence-electron chi connectivity index (χ2n) is 5.53. The van der Waals surface area contributed by atoms with Gasteiger partial charge < -0.3 is 10.1 Å². The topological polar surface area (TPSA) is 96.3 Å². The molecule has 0 aliphatic carbocycles. The van der Waals surface area contributed by atoms with Crippen molar-refractivity contribution in [2.75, 3.05) is 12.4 Å². The molecule has 0 unspecified atom stereocenters. The summed E-state index contributed by atoms with van der Waals surface area (Å²) in [6, 6.07) is 15.7. The molecule has 1 N–H and O–H groups in total. The zero-order valence-corrected chi connectivity index (χ0v) is 16.2. The van der Waals surface area contributed by atoms with E-state index in [0.717, 1.165) is 10.0 Å². The number of carbonyl (C=O) groups excluding carboxylic acids is 1. The quantitative estimate of drug-likeness (QED) is 0.685. The van der Waals surface area contributed by atoms with Crippen LogP contribution in [-0.2, 0) is 26.9 Å². The molecule has 6 nitrogen and oxygen atoms in total. The van der Waals surface area contributed by atoms with Gasteiger partial charge in [-0.3, -0.25) is 4.79 Å². The Morgan fingerprint density at radius 1 is 1.15 bits per heavy atom. The van der Waals surface area contributed by atoms with Gasteiger partial charge in [-0.25, -0.2) is 8.42 Å². The van der Waals surface area contributed by atoms with Gasteiger partial charge in [-0.15, -0.1) is 0 Å². The summed E-state index contributed by atoms with van der Waals surface area (Å²) in [6.45, 7) is 0.110. The first-order chi connectivity index (χ1) is 12.4. The van der Waals surface area contributed by atoms with Crippen LogP contribution in [0.5, 0.6) is 5.75 Å². The number of benzene rings is 2. The number of hydrogen-bond acceptors (Lipinski definition) is 5. The van der Waals surface area contributed by atoms with E-state index in [-0.39, 0.29) is 18.9 Å².